The molecule has 0 aliphatic heterocycles. The van der Waals surface area contributed by atoms with E-state index < -0.39 is 17.5 Å². The Morgan fingerprint density at radius 3 is 2.79 bits per heavy atom. The van der Waals surface area contributed by atoms with E-state index in [0.717, 1.165) is 12.3 Å². The van der Waals surface area contributed by atoms with Gasteiger partial charge in [-0.05, 0) is 23.8 Å². The fraction of sp³-hybridized carbons (Fsp3) is 0.0769. The maximum Gasteiger partial charge on any atom is 0.228 e. The van der Waals surface area contributed by atoms with Crippen molar-refractivity contribution in [1.29, 1.82) is 0 Å². The summed E-state index contributed by atoms with van der Waals surface area (Å²) in [5.74, 6) is -1.55. The number of nitrogens with zero attached hydrogens (tertiary/aromatic N) is 1. The van der Waals surface area contributed by atoms with Crippen molar-refractivity contribution in [3.8, 4) is 0 Å². The van der Waals surface area contributed by atoms with Crippen molar-refractivity contribution in [2.45, 2.75) is 6.42 Å². The fourth-order valence-electron chi connectivity index (χ4n) is 1.51. The monoisotopic (exact) mass is 282 g/mol. The molecule has 1 aromatic heterocycles. The average Bonchev–Trinajstić information content (AvgIpc) is 2.36. The molecule has 0 unspecified atom stereocenters. The van der Waals surface area contributed by atoms with Crippen LogP contribution in [0.4, 0.5) is 14.5 Å². The van der Waals surface area contributed by atoms with Crippen molar-refractivity contribution in [2.24, 2.45) is 0 Å². The molecule has 1 N–H and O–H groups in total. The molecule has 0 spiro atoms. The Balaban J connectivity index is 2.08. The van der Waals surface area contributed by atoms with E-state index in [0.29, 0.717) is 5.56 Å². The summed E-state index contributed by atoms with van der Waals surface area (Å²) in [5, 5.41) is 2.55. The third-order valence-electron chi connectivity index (χ3n) is 2.41. The number of amides is 1. The van der Waals surface area contributed by atoms with Gasteiger partial charge in [0.05, 0.1) is 18.3 Å². The minimum absolute atomic E-state index is 0.0400. The van der Waals surface area contributed by atoms with Gasteiger partial charge in [0, 0.05) is 11.2 Å². The van der Waals surface area contributed by atoms with Crippen molar-refractivity contribution in [2.75, 3.05) is 5.32 Å². The van der Waals surface area contributed by atoms with Gasteiger partial charge in [-0.25, -0.2) is 8.78 Å². The predicted octanol–water partition coefficient (Wildman–Crippen LogP) is 3.19. The van der Waals surface area contributed by atoms with E-state index in [9.17, 15) is 13.6 Å². The summed E-state index contributed by atoms with van der Waals surface area (Å²) in [4.78, 5) is 15.3. The number of rotatable bonds is 3. The summed E-state index contributed by atoms with van der Waals surface area (Å²) >= 11 is 5.80. The molecule has 0 saturated carbocycles. The van der Waals surface area contributed by atoms with E-state index in [1.807, 2.05) is 0 Å². The molecule has 1 amide bonds. The first-order valence-electron chi connectivity index (χ1n) is 5.39. The molecule has 2 rings (SSSR count). The zero-order valence-electron chi connectivity index (χ0n) is 9.66. The van der Waals surface area contributed by atoms with Crippen LogP contribution in [-0.4, -0.2) is 10.9 Å². The van der Waals surface area contributed by atoms with Crippen LogP contribution in [-0.2, 0) is 11.2 Å². The molecule has 0 radical (unpaired) electrons. The molecule has 2 aromatic rings. The Morgan fingerprint density at radius 2 is 2.11 bits per heavy atom. The molecule has 0 aliphatic carbocycles. The molecule has 0 bridgehead atoms. The van der Waals surface area contributed by atoms with Gasteiger partial charge in [0.25, 0.3) is 0 Å². The fourth-order valence-corrected chi connectivity index (χ4v) is 1.74. The number of carbonyl (C=O) groups is 1. The summed E-state index contributed by atoms with van der Waals surface area (Å²) in [6.45, 7) is 0. The van der Waals surface area contributed by atoms with E-state index in [-0.39, 0.29) is 17.1 Å². The lowest BCUT2D eigenvalue weighted by molar-refractivity contribution is -0.115. The summed E-state index contributed by atoms with van der Waals surface area (Å²) in [6.07, 6.45) is 2.30. The second-order valence-corrected chi connectivity index (χ2v) is 4.22. The number of carbonyl (C=O) groups excluding carboxylic acids is 1. The second kappa shape index (κ2) is 5.75. The minimum Gasteiger partial charge on any atom is -0.323 e. The lowest BCUT2D eigenvalue weighted by Crippen LogP contribution is -2.15. The van der Waals surface area contributed by atoms with Gasteiger partial charge in [0.1, 0.15) is 5.82 Å². The molecule has 0 saturated heterocycles. The highest BCUT2D eigenvalue weighted by atomic mass is 35.5. The number of hydrogen-bond donors (Lipinski definition) is 1. The molecule has 0 atom stereocenters. The van der Waals surface area contributed by atoms with Crippen molar-refractivity contribution in [1.82, 2.24) is 4.98 Å². The van der Waals surface area contributed by atoms with Crippen LogP contribution in [0.2, 0.25) is 5.02 Å². The van der Waals surface area contributed by atoms with Crippen LogP contribution in [0.25, 0.3) is 0 Å². The SMILES string of the molecule is O=C(Cc1ccc(F)cc1Cl)Nc1ccncc1F. The molecule has 1 aromatic carbocycles. The molecule has 1 heterocycles. The van der Waals surface area contributed by atoms with E-state index in [2.05, 4.69) is 10.3 Å². The zero-order valence-corrected chi connectivity index (χ0v) is 10.4. The standard InChI is InChI=1S/C13H9ClF2N2O/c14-10-6-9(15)2-1-8(10)5-13(19)18-12-3-4-17-7-11(12)16/h1-4,6-7H,5H2,(H,17,18,19). The van der Waals surface area contributed by atoms with E-state index in [4.69, 9.17) is 11.6 Å². The van der Waals surface area contributed by atoms with Crippen LogP contribution >= 0.6 is 11.6 Å². The number of nitrogens with one attached hydrogen (secondary N) is 1. The molecule has 19 heavy (non-hydrogen) atoms. The second-order valence-electron chi connectivity index (χ2n) is 3.82. The molecule has 6 heteroatoms. The van der Waals surface area contributed by atoms with Crippen LogP contribution in [0.15, 0.2) is 36.7 Å². The van der Waals surface area contributed by atoms with Gasteiger partial charge in [-0.15, -0.1) is 0 Å². The quantitative estimate of drug-likeness (QED) is 0.939. The number of halogens is 3. The van der Waals surface area contributed by atoms with Crippen molar-refractivity contribution in [3.05, 3.63) is 58.9 Å². The predicted molar refractivity (Wildman–Crippen MR) is 67.9 cm³/mol. The molecular weight excluding hydrogens is 274 g/mol. The molecule has 98 valence electrons. The highest BCUT2D eigenvalue weighted by molar-refractivity contribution is 6.31. The normalized spacial score (nSPS) is 10.3. The zero-order chi connectivity index (χ0) is 13.8. The molecule has 0 fully saturated rings. The van der Waals surface area contributed by atoms with Crippen LogP contribution in [0, 0.1) is 11.6 Å². The van der Waals surface area contributed by atoms with Crippen molar-refractivity contribution < 1.29 is 13.6 Å². The van der Waals surface area contributed by atoms with Gasteiger partial charge in [-0.3, -0.25) is 9.78 Å². The summed E-state index contributed by atoms with van der Waals surface area (Å²) in [7, 11) is 0. The van der Waals surface area contributed by atoms with Crippen LogP contribution in [0.3, 0.4) is 0 Å². The largest absolute Gasteiger partial charge is 0.323 e. The van der Waals surface area contributed by atoms with Gasteiger partial charge in [-0.1, -0.05) is 17.7 Å². The maximum atomic E-state index is 13.3. The van der Waals surface area contributed by atoms with Crippen LogP contribution in [0.5, 0.6) is 0 Å². The molecule has 3 nitrogen and oxygen atoms in total. The third-order valence-corrected chi connectivity index (χ3v) is 2.76. The van der Waals surface area contributed by atoms with Crippen LogP contribution in [0.1, 0.15) is 5.56 Å². The van der Waals surface area contributed by atoms with Gasteiger partial charge in [0.2, 0.25) is 5.91 Å². The highest BCUT2D eigenvalue weighted by Crippen LogP contribution is 2.18. The van der Waals surface area contributed by atoms with Crippen molar-refractivity contribution >= 4 is 23.2 Å². The summed E-state index contributed by atoms with van der Waals surface area (Å²) < 4.78 is 26.1. The van der Waals surface area contributed by atoms with Gasteiger partial charge in [-0.2, -0.15) is 0 Å². The number of anilines is 1. The lowest BCUT2D eigenvalue weighted by Gasteiger charge is -2.07. The molecular formula is C13H9ClF2N2O. The first-order valence-corrected chi connectivity index (χ1v) is 5.77. The first kappa shape index (κ1) is 13.4. The van der Waals surface area contributed by atoms with Crippen LogP contribution < -0.4 is 5.32 Å². The maximum absolute atomic E-state index is 13.3. The Kier molecular flexibility index (Phi) is 4.06. The van der Waals surface area contributed by atoms with Gasteiger partial charge in [0.15, 0.2) is 5.82 Å². The first-order chi connectivity index (χ1) is 9.06. The van der Waals surface area contributed by atoms with E-state index in [1.54, 1.807) is 0 Å². The Morgan fingerprint density at radius 1 is 1.32 bits per heavy atom. The average molecular weight is 283 g/mol. The smallest absolute Gasteiger partial charge is 0.228 e. The number of benzene rings is 1. The highest BCUT2D eigenvalue weighted by Gasteiger charge is 2.10. The number of hydrogen-bond acceptors (Lipinski definition) is 2. The number of aromatic nitrogens is 1. The Bertz CT molecular complexity index is 619. The van der Waals surface area contributed by atoms with Gasteiger partial charge < -0.3 is 5.32 Å². The Hall–Kier alpha value is -2.01. The topological polar surface area (TPSA) is 42.0 Å². The Labute approximate surface area is 113 Å². The molecule has 0 aliphatic rings. The van der Waals surface area contributed by atoms with Crippen molar-refractivity contribution in [3.63, 3.8) is 0 Å². The van der Waals surface area contributed by atoms with E-state index >= 15 is 0 Å². The summed E-state index contributed by atoms with van der Waals surface area (Å²) in [6, 6.07) is 5.10. The third kappa shape index (κ3) is 3.48. The minimum atomic E-state index is -0.624. The van der Waals surface area contributed by atoms with Gasteiger partial charge >= 0.3 is 0 Å². The van der Waals surface area contributed by atoms with E-state index in [1.165, 1.54) is 24.4 Å². The summed E-state index contributed by atoms with van der Waals surface area (Å²) in [5.41, 5.74) is 0.508. The number of pyridine rings is 1. The lowest BCUT2D eigenvalue weighted by atomic mass is 10.1.